The van der Waals surface area contributed by atoms with Crippen LogP contribution < -0.4 is 0 Å². The van der Waals surface area contributed by atoms with Crippen LogP contribution in [0.4, 0.5) is 4.39 Å². The van der Waals surface area contributed by atoms with Gasteiger partial charge in [0.15, 0.2) is 0 Å². The average Bonchev–Trinajstić information content (AvgIpc) is 2.71. The van der Waals surface area contributed by atoms with Gasteiger partial charge in [0.25, 0.3) is 0 Å². The molecule has 0 aromatic carbocycles. The molecule has 0 bridgehead atoms. The van der Waals surface area contributed by atoms with Gasteiger partial charge in [0.2, 0.25) is 0 Å². The molecule has 1 unspecified atom stereocenters. The maximum atomic E-state index is 12.8. The lowest BCUT2D eigenvalue weighted by Crippen LogP contribution is -2.33. The second-order valence-corrected chi connectivity index (χ2v) is 5.47. The smallest absolute Gasteiger partial charge is 0.141 e. The highest BCUT2D eigenvalue weighted by molar-refractivity contribution is 5.07. The first-order valence-electron chi connectivity index (χ1n) is 7.54. The zero-order valence-corrected chi connectivity index (χ0v) is 12.3. The maximum Gasteiger partial charge on any atom is 0.141 e. The number of β-amino-alcohol motifs (C(OH)–C–C–N with tert-alkyl or cyclic N) is 1. The van der Waals surface area contributed by atoms with Crippen LogP contribution in [0.3, 0.4) is 0 Å². The number of nitrogens with zero attached hydrogens (tertiary/aromatic N) is 3. The van der Waals surface area contributed by atoms with Crippen molar-refractivity contribution in [2.24, 2.45) is 0 Å². The predicted molar refractivity (Wildman–Crippen MR) is 78.4 cm³/mol. The van der Waals surface area contributed by atoms with Crippen molar-refractivity contribution in [1.82, 2.24) is 14.8 Å². The highest BCUT2D eigenvalue weighted by Gasteiger charge is 2.16. The summed E-state index contributed by atoms with van der Waals surface area (Å²) in [5.74, 6) is -0.387. The third-order valence-corrected chi connectivity index (χ3v) is 3.91. The Balaban J connectivity index is 1.76. The van der Waals surface area contributed by atoms with E-state index in [2.05, 4.69) is 14.8 Å². The van der Waals surface area contributed by atoms with Crippen LogP contribution in [0.5, 0.6) is 0 Å². The summed E-state index contributed by atoms with van der Waals surface area (Å²) >= 11 is 0. The summed E-state index contributed by atoms with van der Waals surface area (Å²) in [5.41, 5.74) is 0.521. The minimum Gasteiger partial charge on any atom is -0.395 e. The van der Waals surface area contributed by atoms with Gasteiger partial charge in [-0.05, 0) is 38.1 Å². The number of pyridine rings is 1. The molecule has 0 amide bonds. The lowest BCUT2D eigenvalue weighted by Gasteiger charge is -2.22. The molecule has 0 radical (unpaired) electrons. The average molecular weight is 297 g/mol. The second-order valence-electron chi connectivity index (χ2n) is 5.47. The zero-order chi connectivity index (χ0) is 15.1. The van der Waals surface area contributed by atoms with Crippen LogP contribution in [-0.2, 0) is 0 Å². The quantitative estimate of drug-likeness (QED) is 0.807. The summed E-state index contributed by atoms with van der Waals surface area (Å²) in [4.78, 5) is 8.50. The van der Waals surface area contributed by atoms with Crippen molar-refractivity contribution in [1.29, 1.82) is 0 Å². The Morgan fingerprint density at radius 3 is 2.48 bits per heavy atom. The molecule has 1 fully saturated rings. The van der Waals surface area contributed by atoms with Gasteiger partial charge >= 0.3 is 0 Å². The summed E-state index contributed by atoms with van der Waals surface area (Å²) in [6.07, 6.45) is 2.16. The standard InChI is InChI=1S/C15H24FN3O2/c16-13-2-3-14(17-12-13)15(21)4-7-18-5-1-6-19(9-8-18)10-11-20/h2-3,12,15,20-21H,1,4-11H2. The van der Waals surface area contributed by atoms with Gasteiger partial charge in [0, 0.05) is 26.2 Å². The van der Waals surface area contributed by atoms with Gasteiger partial charge in [0.1, 0.15) is 5.82 Å². The van der Waals surface area contributed by atoms with Gasteiger partial charge in [-0.1, -0.05) is 0 Å². The van der Waals surface area contributed by atoms with Crippen molar-refractivity contribution in [3.05, 3.63) is 29.8 Å². The lowest BCUT2D eigenvalue weighted by molar-refractivity contribution is 0.138. The van der Waals surface area contributed by atoms with E-state index in [1.807, 2.05) is 0 Å². The summed E-state index contributed by atoms with van der Waals surface area (Å²) in [5, 5.41) is 19.1. The number of hydrogen-bond acceptors (Lipinski definition) is 5. The zero-order valence-electron chi connectivity index (χ0n) is 12.3. The first-order valence-corrected chi connectivity index (χ1v) is 7.54. The van der Waals surface area contributed by atoms with Crippen molar-refractivity contribution in [3.63, 3.8) is 0 Å². The van der Waals surface area contributed by atoms with E-state index < -0.39 is 6.10 Å². The molecule has 1 aliphatic rings. The van der Waals surface area contributed by atoms with Crippen molar-refractivity contribution in [2.75, 3.05) is 45.9 Å². The van der Waals surface area contributed by atoms with E-state index in [4.69, 9.17) is 5.11 Å². The topological polar surface area (TPSA) is 59.8 Å². The Bertz CT molecular complexity index is 416. The fourth-order valence-corrected chi connectivity index (χ4v) is 2.65. The summed E-state index contributed by atoms with van der Waals surface area (Å²) in [6.45, 7) is 5.65. The second kappa shape index (κ2) is 8.38. The van der Waals surface area contributed by atoms with Crippen molar-refractivity contribution >= 4 is 0 Å². The minimum absolute atomic E-state index is 0.203. The Kier molecular flexibility index (Phi) is 6.50. The molecule has 2 rings (SSSR count). The van der Waals surface area contributed by atoms with Gasteiger partial charge in [0.05, 0.1) is 24.6 Å². The first-order chi connectivity index (χ1) is 10.2. The summed E-state index contributed by atoms with van der Waals surface area (Å²) in [7, 11) is 0. The summed E-state index contributed by atoms with van der Waals surface area (Å²) < 4.78 is 12.8. The van der Waals surface area contributed by atoms with E-state index in [-0.39, 0.29) is 12.4 Å². The maximum absolute atomic E-state index is 12.8. The van der Waals surface area contributed by atoms with Crippen LogP contribution in [0, 0.1) is 5.82 Å². The first kappa shape index (κ1) is 16.3. The molecule has 118 valence electrons. The number of aromatic nitrogens is 1. The van der Waals surface area contributed by atoms with Crippen LogP contribution in [0.25, 0.3) is 0 Å². The molecular weight excluding hydrogens is 273 g/mol. The largest absolute Gasteiger partial charge is 0.395 e. The van der Waals surface area contributed by atoms with Gasteiger partial charge < -0.3 is 15.1 Å². The van der Waals surface area contributed by atoms with Crippen molar-refractivity contribution < 1.29 is 14.6 Å². The molecule has 0 aliphatic carbocycles. The highest BCUT2D eigenvalue weighted by Crippen LogP contribution is 2.15. The normalized spacial score (nSPS) is 19.4. The molecule has 1 aromatic rings. The van der Waals surface area contributed by atoms with Gasteiger partial charge in [-0.2, -0.15) is 0 Å². The molecule has 2 N–H and O–H groups in total. The fraction of sp³-hybridized carbons (Fsp3) is 0.667. The predicted octanol–water partition coefficient (Wildman–Crippen LogP) is 0.644. The monoisotopic (exact) mass is 297 g/mol. The number of aliphatic hydroxyl groups is 2. The highest BCUT2D eigenvalue weighted by atomic mass is 19.1. The molecule has 1 aromatic heterocycles. The number of hydrogen-bond donors (Lipinski definition) is 2. The molecule has 0 spiro atoms. The van der Waals surface area contributed by atoms with Crippen molar-refractivity contribution in [3.8, 4) is 0 Å². The van der Waals surface area contributed by atoms with E-state index in [0.717, 1.165) is 51.9 Å². The van der Waals surface area contributed by atoms with E-state index in [0.29, 0.717) is 12.1 Å². The van der Waals surface area contributed by atoms with Gasteiger partial charge in [-0.15, -0.1) is 0 Å². The molecule has 0 saturated carbocycles. The Morgan fingerprint density at radius 1 is 1.14 bits per heavy atom. The van der Waals surface area contributed by atoms with E-state index >= 15 is 0 Å². The molecule has 1 atom stereocenters. The lowest BCUT2D eigenvalue weighted by atomic mass is 10.1. The molecule has 21 heavy (non-hydrogen) atoms. The van der Waals surface area contributed by atoms with Gasteiger partial charge in [-0.25, -0.2) is 4.39 Å². The Morgan fingerprint density at radius 2 is 1.86 bits per heavy atom. The van der Waals surface area contributed by atoms with Gasteiger partial charge in [-0.3, -0.25) is 9.88 Å². The number of halogens is 1. The third-order valence-electron chi connectivity index (χ3n) is 3.91. The van der Waals surface area contributed by atoms with E-state index in [1.165, 1.54) is 12.1 Å². The van der Waals surface area contributed by atoms with Crippen molar-refractivity contribution in [2.45, 2.75) is 18.9 Å². The van der Waals surface area contributed by atoms with E-state index in [9.17, 15) is 9.50 Å². The molecule has 5 nitrogen and oxygen atoms in total. The SMILES string of the molecule is OCCN1CCCN(CCC(O)c2ccc(F)cn2)CC1. The number of aliphatic hydroxyl groups excluding tert-OH is 2. The molecule has 1 aliphatic heterocycles. The minimum atomic E-state index is -0.651. The van der Waals surface area contributed by atoms with Crippen LogP contribution >= 0.6 is 0 Å². The molecular formula is C15H24FN3O2. The Hall–Kier alpha value is -1.08. The Labute approximate surface area is 125 Å². The summed E-state index contributed by atoms with van der Waals surface area (Å²) in [6, 6.07) is 2.86. The van der Waals surface area contributed by atoms with Crippen LogP contribution in [0.15, 0.2) is 18.3 Å². The molecule has 6 heteroatoms. The van der Waals surface area contributed by atoms with Crippen LogP contribution in [0.1, 0.15) is 24.6 Å². The van der Waals surface area contributed by atoms with Crippen LogP contribution in [0.2, 0.25) is 0 Å². The molecule has 2 heterocycles. The van der Waals surface area contributed by atoms with E-state index in [1.54, 1.807) is 0 Å². The third kappa shape index (κ3) is 5.32. The number of rotatable bonds is 6. The van der Waals surface area contributed by atoms with Crippen LogP contribution in [-0.4, -0.2) is 70.9 Å². The fourth-order valence-electron chi connectivity index (χ4n) is 2.65. The molecule has 1 saturated heterocycles.